The van der Waals surface area contributed by atoms with Gasteiger partial charge in [0.2, 0.25) is 0 Å². The predicted molar refractivity (Wildman–Crippen MR) is 81.2 cm³/mol. The highest BCUT2D eigenvalue weighted by Gasteiger charge is 2.11. The number of ether oxygens (including phenoxy) is 1. The van der Waals surface area contributed by atoms with Crippen molar-refractivity contribution in [3.8, 4) is 0 Å². The second-order valence-corrected chi connectivity index (χ2v) is 4.77. The van der Waals surface area contributed by atoms with Crippen molar-refractivity contribution in [3.63, 3.8) is 0 Å². The van der Waals surface area contributed by atoms with Gasteiger partial charge in [-0.25, -0.2) is 9.18 Å². The predicted octanol–water partition coefficient (Wildman–Crippen LogP) is 2.86. The minimum atomic E-state index is -0.697. The van der Waals surface area contributed by atoms with E-state index in [0.717, 1.165) is 0 Å². The molecule has 0 radical (unpaired) electrons. The van der Waals surface area contributed by atoms with Gasteiger partial charge >= 0.3 is 5.97 Å². The van der Waals surface area contributed by atoms with Crippen LogP contribution in [0.5, 0.6) is 0 Å². The minimum Gasteiger partial charge on any atom is -0.452 e. The molecule has 0 heterocycles. The molecule has 2 aromatic rings. The quantitative estimate of drug-likeness (QED) is 0.670. The Kier molecular flexibility index (Phi) is 4.95. The van der Waals surface area contributed by atoms with Crippen LogP contribution in [-0.2, 0) is 9.53 Å². The molecule has 1 amide bonds. The Labute approximate surface area is 130 Å². The summed E-state index contributed by atoms with van der Waals surface area (Å²) in [5.74, 6) is -1.65. The van der Waals surface area contributed by atoms with Gasteiger partial charge in [0.05, 0.1) is 16.3 Å². The maximum atomic E-state index is 12.7. The first-order valence-corrected chi connectivity index (χ1v) is 6.61. The van der Waals surface area contributed by atoms with Gasteiger partial charge in [0.1, 0.15) is 5.82 Å². The van der Waals surface area contributed by atoms with Gasteiger partial charge in [-0.1, -0.05) is 11.6 Å². The maximum absolute atomic E-state index is 12.7. The summed E-state index contributed by atoms with van der Waals surface area (Å²) in [7, 11) is 0. The fourth-order valence-corrected chi connectivity index (χ4v) is 1.73. The zero-order valence-electron chi connectivity index (χ0n) is 11.3. The van der Waals surface area contributed by atoms with Crippen molar-refractivity contribution >= 4 is 34.9 Å². The molecule has 0 atom stereocenters. The number of nitrogens with two attached hydrogens (primary N) is 1. The van der Waals surface area contributed by atoms with Gasteiger partial charge in [0.15, 0.2) is 6.61 Å². The Morgan fingerprint density at radius 1 is 1.18 bits per heavy atom. The van der Waals surface area contributed by atoms with E-state index in [2.05, 4.69) is 5.32 Å². The van der Waals surface area contributed by atoms with Crippen molar-refractivity contribution in [1.29, 1.82) is 0 Å². The largest absolute Gasteiger partial charge is 0.452 e. The summed E-state index contributed by atoms with van der Waals surface area (Å²) < 4.78 is 17.6. The number of halogens is 2. The number of nitrogens with one attached hydrogen (secondary N) is 1. The summed E-state index contributed by atoms with van der Waals surface area (Å²) in [6.45, 7) is -0.473. The minimum absolute atomic E-state index is 0.191. The summed E-state index contributed by atoms with van der Waals surface area (Å²) in [4.78, 5) is 23.4. The van der Waals surface area contributed by atoms with Crippen LogP contribution in [0.25, 0.3) is 0 Å². The van der Waals surface area contributed by atoms with Gasteiger partial charge in [-0.15, -0.1) is 0 Å². The Balaban J connectivity index is 1.88. The fourth-order valence-electron chi connectivity index (χ4n) is 1.62. The van der Waals surface area contributed by atoms with Gasteiger partial charge < -0.3 is 15.8 Å². The number of carbonyl (C=O) groups excluding carboxylic acids is 2. The second kappa shape index (κ2) is 6.91. The molecule has 0 aliphatic heterocycles. The molecule has 0 aromatic heterocycles. The van der Waals surface area contributed by atoms with Crippen LogP contribution in [-0.4, -0.2) is 18.5 Å². The number of benzene rings is 2. The lowest BCUT2D eigenvalue weighted by Gasteiger charge is -2.07. The van der Waals surface area contributed by atoms with Gasteiger partial charge in [-0.3, -0.25) is 4.79 Å². The van der Waals surface area contributed by atoms with E-state index >= 15 is 0 Å². The number of carbonyl (C=O) groups is 2. The van der Waals surface area contributed by atoms with E-state index in [1.165, 1.54) is 42.5 Å². The van der Waals surface area contributed by atoms with Crippen molar-refractivity contribution in [2.45, 2.75) is 0 Å². The molecule has 7 heteroatoms. The maximum Gasteiger partial charge on any atom is 0.338 e. The Morgan fingerprint density at radius 3 is 2.50 bits per heavy atom. The smallest absolute Gasteiger partial charge is 0.338 e. The molecule has 0 spiro atoms. The van der Waals surface area contributed by atoms with Crippen molar-refractivity contribution in [2.75, 3.05) is 17.7 Å². The van der Waals surface area contributed by atoms with Crippen molar-refractivity contribution < 1.29 is 18.7 Å². The highest BCUT2D eigenvalue weighted by molar-refractivity contribution is 6.33. The molecule has 0 bridgehead atoms. The molecule has 2 rings (SSSR count). The Morgan fingerprint density at radius 2 is 1.86 bits per heavy atom. The first-order valence-electron chi connectivity index (χ1n) is 6.23. The Hall–Kier alpha value is -2.60. The van der Waals surface area contributed by atoms with Gasteiger partial charge in [0.25, 0.3) is 5.91 Å². The van der Waals surface area contributed by atoms with Crippen LogP contribution in [0.2, 0.25) is 5.02 Å². The first-order chi connectivity index (χ1) is 10.5. The third-order valence-corrected chi connectivity index (χ3v) is 3.04. The monoisotopic (exact) mass is 322 g/mol. The van der Waals surface area contributed by atoms with E-state index in [9.17, 15) is 14.0 Å². The van der Waals surface area contributed by atoms with Crippen LogP contribution >= 0.6 is 11.6 Å². The van der Waals surface area contributed by atoms with Crippen molar-refractivity contribution in [3.05, 3.63) is 58.9 Å². The molecule has 0 saturated carbocycles. The molecule has 2 aromatic carbocycles. The van der Waals surface area contributed by atoms with Crippen LogP contribution in [0.15, 0.2) is 42.5 Å². The molecule has 114 valence electrons. The van der Waals surface area contributed by atoms with E-state index in [4.69, 9.17) is 22.1 Å². The summed E-state index contributed by atoms with van der Waals surface area (Å²) >= 11 is 5.75. The van der Waals surface area contributed by atoms with Gasteiger partial charge in [0, 0.05) is 5.69 Å². The van der Waals surface area contributed by atoms with E-state index in [-0.39, 0.29) is 11.3 Å². The topological polar surface area (TPSA) is 81.4 Å². The molecule has 3 N–H and O–H groups in total. The number of hydrogen-bond donors (Lipinski definition) is 2. The fraction of sp³-hybridized carbons (Fsp3) is 0.0667. The van der Waals surface area contributed by atoms with Crippen LogP contribution < -0.4 is 11.1 Å². The number of nitrogen functional groups attached to an aromatic ring is 1. The zero-order valence-corrected chi connectivity index (χ0v) is 12.1. The highest BCUT2D eigenvalue weighted by atomic mass is 35.5. The number of anilines is 2. The van der Waals surface area contributed by atoms with Crippen molar-refractivity contribution in [2.24, 2.45) is 0 Å². The average Bonchev–Trinajstić information content (AvgIpc) is 2.50. The summed E-state index contributed by atoms with van der Waals surface area (Å²) in [6.07, 6.45) is 0. The molecule has 5 nitrogen and oxygen atoms in total. The lowest BCUT2D eigenvalue weighted by atomic mass is 10.2. The van der Waals surface area contributed by atoms with Crippen LogP contribution in [0.4, 0.5) is 15.8 Å². The molecule has 0 fully saturated rings. The summed E-state index contributed by atoms with van der Waals surface area (Å²) in [5.41, 5.74) is 6.41. The molecular weight excluding hydrogens is 311 g/mol. The molecule has 22 heavy (non-hydrogen) atoms. The van der Waals surface area contributed by atoms with Crippen LogP contribution in [0, 0.1) is 5.82 Å². The standard InChI is InChI=1S/C15H12ClFN2O3/c16-12-6-1-9(7-13(12)18)15(21)22-8-14(20)19-11-4-2-10(17)3-5-11/h1-7H,8,18H2,(H,19,20). The second-order valence-electron chi connectivity index (χ2n) is 4.37. The third-order valence-electron chi connectivity index (χ3n) is 2.69. The number of hydrogen-bond acceptors (Lipinski definition) is 4. The summed E-state index contributed by atoms with van der Waals surface area (Å²) in [6, 6.07) is 9.48. The molecule has 0 unspecified atom stereocenters. The average molecular weight is 323 g/mol. The highest BCUT2D eigenvalue weighted by Crippen LogP contribution is 2.19. The number of amides is 1. The zero-order chi connectivity index (χ0) is 16.1. The lowest BCUT2D eigenvalue weighted by Crippen LogP contribution is -2.21. The van der Waals surface area contributed by atoms with E-state index in [1.54, 1.807) is 0 Å². The lowest BCUT2D eigenvalue weighted by molar-refractivity contribution is -0.119. The summed E-state index contributed by atoms with van der Waals surface area (Å²) in [5, 5.41) is 2.79. The Bertz CT molecular complexity index is 704. The first kappa shape index (κ1) is 15.8. The molecular formula is C15H12ClFN2O3. The van der Waals surface area contributed by atoms with Crippen molar-refractivity contribution in [1.82, 2.24) is 0 Å². The normalized spacial score (nSPS) is 10.1. The van der Waals surface area contributed by atoms with E-state index < -0.39 is 24.3 Å². The third kappa shape index (κ3) is 4.20. The number of rotatable bonds is 4. The SMILES string of the molecule is Nc1cc(C(=O)OCC(=O)Nc2ccc(F)cc2)ccc1Cl. The van der Waals surface area contributed by atoms with E-state index in [0.29, 0.717) is 10.7 Å². The number of esters is 1. The molecule has 0 aliphatic rings. The van der Waals surface area contributed by atoms with Gasteiger partial charge in [-0.2, -0.15) is 0 Å². The van der Waals surface area contributed by atoms with Gasteiger partial charge in [-0.05, 0) is 42.5 Å². The molecule has 0 aliphatic carbocycles. The van der Waals surface area contributed by atoms with E-state index in [1.807, 2.05) is 0 Å². The molecule has 0 saturated heterocycles. The van der Waals surface area contributed by atoms with Crippen LogP contribution in [0.1, 0.15) is 10.4 Å². The van der Waals surface area contributed by atoms with Crippen LogP contribution in [0.3, 0.4) is 0 Å².